The number of hydrogen-bond donors (Lipinski definition) is 1. The molecule has 1 N–H and O–H groups in total. The van der Waals surface area contributed by atoms with Crippen LogP contribution in [-0.4, -0.2) is 30.6 Å². The molecule has 1 amide bonds. The number of nitrogens with zero attached hydrogens (tertiary/aromatic N) is 4. The summed E-state index contributed by atoms with van der Waals surface area (Å²) in [5.41, 5.74) is 3.49. The number of carbonyl (C=O) groups excluding carboxylic acids is 1. The van der Waals surface area contributed by atoms with Crippen molar-refractivity contribution in [3.63, 3.8) is 0 Å². The van der Waals surface area contributed by atoms with Crippen molar-refractivity contribution in [3.05, 3.63) is 70.6 Å². The quantitative estimate of drug-likeness (QED) is 0.446. The number of amides is 1. The normalized spacial score (nSPS) is 11.2. The number of aromatic nitrogens is 4. The lowest BCUT2D eigenvalue weighted by Crippen LogP contribution is -2.23. The molecule has 0 atom stereocenters. The average Bonchev–Trinajstić information content (AvgIpc) is 3.23. The highest BCUT2D eigenvalue weighted by atomic mass is 32.2. The zero-order chi connectivity index (χ0) is 22.0. The minimum absolute atomic E-state index is 0.173. The van der Waals surface area contributed by atoms with E-state index in [9.17, 15) is 9.59 Å². The van der Waals surface area contributed by atoms with Crippen molar-refractivity contribution >= 4 is 34.4 Å². The van der Waals surface area contributed by atoms with Crippen molar-refractivity contribution < 1.29 is 4.79 Å². The summed E-state index contributed by atoms with van der Waals surface area (Å²) in [7, 11) is 1.81. The Bertz CT molecular complexity index is 1290. The largest absolute Gasteiger partial charge is 0.319 e. The highest BCUT2D eigenvalue weighted by Gasteiger charge is 2.19. The molecule has 7 nitrogen and oxygen atoms in total. The van der Waals surface area contributed by atoms with Crippen molar-refractivity contribution in [1.29, 1.82) is 0 Å². The fourth-order valence-corrected chi connectivity index (χ4v) is 4.46. The van der Waals surface area contributed by atoms with Gasteiger partial charge in [-0.15, -0.1) is 0 Å². The average molecular weight is 436 g/mol. The minimum Gasteiger partial charge on any atom is -0.319 e. The second-order valence-corrected chi connectivity index (χ2v) is 8.25. The van der Waals surface area contributed by atoms with E-state index >= 15 is 0 Å². The predicted molar refractivity (Wildman–Crippen MR) is 125 cm³/mol. The minimum atomic E-state index is -0.247. The number of para-hydroxylation sites is 3. The topological polar surface area (TPSA) is 73.8 Å². The first-order valence-corrected chi connectivity index (χ1v) is 11.2. The van der Waals surface area contributed by atoms with Crippen LogP contribution in [0.1, 0.15) is 19.0 Å². The molecule has 0 radical (unpaired) electrons. The Morgan fingerprint density at radius 2 is 1.81 bits per heavy atom. The van der Waals surface area contributed by atoms with Crippen LogP contribution in [0.25, 0.3) is 16.7 Å². The molecule has 0 aliphatic carbocycles. The lowest BCUT2D eigenvalue weighted by molar-refractivity contribution is -0.113. The number of anilines is 1. The second kappa shape index (κ2) is 8.85. The van der Waals surface area contributed by atoms with Crippen molar-refractivity contribution in [3.8, 4) is 5.69 Å². The Morgan fingerprint density at radius 3 is 2.55 bits per heavy atom. The number of rotatable bonds is 7. The van der Waals surface area contributed by atoms with E-state index in [-0.39, 0.29) is 17.2 Å². The molecule has 0 spiro atoms. The highest BCUT2D eigenvalue weighted by Crippen LogP contribution is 2.25. The van der Waals surface area contributed by atoms with Crippen LogP contribution in [0, 0.1) is 6.92 Å². The Morgan fingerprint density at radius 1 is 1.10 bits per heavy atom. The van der Waals surface area contributed by atoms with E-state index in [4.69, 9.17) is 0 Å². The van der Waals surface area contributed by atoms with Crippen LogP contribution in [0.5, 0.6) is 0 Å². The molecule has 0 aliphatic heterocycles. The van der Waals surface area contributed by atoms with Crippen LogP contribution in [0.3, 0.4) is 0 Å². The molecule has 0 aliphatic rings. The van der Waals surface area contributed by atoms with Gasteiger partial charge in [0.05, 0.1) is 28.2 Å². The Hall–Kier alpha value is -3.26. The van der Waals surface area contributed by atoms with Gasteiger partial charge in [-0.1, -0.05) is 49.0 Å². The summed E-state index contributed by atoms with van der Waals surface area (Å²) in [5.74, 6) is -0.0577. The zero-order valence-corrected chi connectivity index (χ0v) is 18.6. The maximum Gasteiger partial charge on any atom is 0.295 e. The van der Waals surface area contributed by atoms with Gasteiger partial charge in [-0.25, -0.2) is 9.67 Å². The molecule has 2 aromatic heterocycles. The third-order valence-electron chi connectivity index (χ3n) is 5.22. The number of imidazole rings is 1. The van der Waals surface area contributed by atoms with Gasteiger partial charge in [0, 0.05) is 13.6 Å². The number of nitrogens with one attached hydrogen (secondary N) is 1. The summed E-state index contributed by atoms with van der Waals surface area (Å²) in [6.45, 7) is 4.78. The van der Waals surface area contributed by atoms with Gasteiger partial charge >= 0.3 is 0 Å². The zero-order valence-electron chi connectivity index (χ0n) is 17.8. The van der Waals surface area contributed by atoms with Gasteiger partial charge in [-0.05, 0) is 37.6 Å². The SMILES string of the molecule is CCCn1c(SCC(=O)Nc2c(C)n(C)n(-c3ccccc3)c2=O)nc2ccccc21. The molecule has 0 saturated heterocycles. The number of hydrogen-bond acceptors (Lipinski definition) is 4. The third-order valence-corrected chi connectivity index (χ3v) is 6.19. The molecule has 0 fully saturated rings. The van der Waals surface area contributed by atoms with Gasteiger partial charge in [-0.3, -0.25) is 14.3 Å². The van der Waals surface area contributed by atoms with E-state index in [2.05, 4.69) is 21.8 Å². The van der Waals surface area contributed by atoms with E-state index in [0.717, 1.165) is 34.8 Å². The maximum absolute atomic E-state index is 13.0. The molecule has 4 aromatic rings. The summed E-state index contributed by atoms with van der Waals surface area (Å²) in [6, 6.07) is 17.3. The van der Waals surface area contributed by atoms with Gasteiger partial charge in [0.2, 0.25) is 5.91 Å². The van der Waals surface area contributed by atoms with Crippen molar-refractivity contribution in [2.75, 3.05) is 11.1 Å². The molecule has 0 bridgehead atoms. The van der Waals surface area contributed by atoms with E-state index in [1.807, 2.05) is 61.5 Å². The highest BCUT2D eigenvalue weighted by molar-refractivity contribution is 7.99. The molecule has 8 heteroatoms. The molecular weight excluding hydrogens is 410 g/mol. The van der Waals surface area contributed by atoms with Gasteiger partial charge in [0.25, 0.3) is 5.56 Å². The molecular formula is C23H25N5O2S. The number of thioether (sulfide) groups is 1. The molecule has 160 valence electrons. The smallest absolute Gasteiger partial charge is 0.295 e. The predicted octanol–water partition coefficient (Wildman–Crippen LogP) is 3.97. The standard InChI is InChI=1S/C23H25N5O2S/c1-4-14-27-19-13-9-8-12-18(19)24-23(27)31-15-20(29)25-21-16(2)26(3)28(22(21)30)17-10-6-5-7-11-17/h5-13H,4,14-15H2,1-3H3,(H,25,29). The fourth-order valence-electron chi connectivity index (χ4n) is 3.62. The van der Waals surface area contributed by atoms with Crippen LogP contribution < -0.4 is 10.9 Å². The fraction of sp³-hybridized carbons (Fsp3) is 0.261. The third kappa shape index (κ3) is 4.03. The first kappa shape index (κ1) is 21.0. The van der Waals surface area contributed by atoms with Gasteiger partial charge in [0.15, 0.2) is 5.16 Å². The molecule has 2 heterocycles. The lowest BCUT2D eigenvalue weighted by Gasteiger charge is -2.07. The summed E-state index contributed by atoms with van der Waals surface area (Å²) in [6.07, 6.45) is 0.975. The van der Waals surface area contributed by atoms with Crippen LogP contribution in [0.2, 0.25) is 0 Å². The maximum atomic E-state index is 13.0. The molecule has 31 heavy (non-hydrogen) atoms. The van der Waals surface area contributed by atoms with Crippen molar-refractivity contribution in [2.24, 2.45) is 7.05 Å². The van der Waals surface area contributed by atoms with E-state index < -0.39 is 0 Å². The monoisotopic (exact) mass is 435 g/mol. The lowest BCUT2D eigenvalue weighted by atomic mass is 10.3. The Labute approximate surface area is 184 Å². The van der Waals surface area contributed by atoms with E-state index in [1.54, 1.807) is 16.4 Å². The number of benzene rings is 2. The second-order valence-electron chi connectivity index (χ2n) is 7.31. The number of fused-ring (bicyclic) bond motifs is 1. The van der Waals surface area contributed by atoms with Gasteiger partial charge < -0.3 is 9.88 Å². The van der Waals surface area contributed by atoms with Gasteiger partial charge in [0.1, 0.15) is 5.69 Å². The van der Waals surface area contributed by atoms with Crippen LogP contribution >= 0.6 is 11.8 Å². The van der Waals surface area contributed by atoms with Crippen molar-refractivity contribution in [2.45, 2.75) is 32.0 Å². The number of aryl methyl sites for hydroxylation is 1. The molecule has 0 saturated carbocycles. The molecule has 0 unspecified atom stereocenters. The first-order valence-electron chi connectivity index (χ1n) is 10.2. The Kier molecular flexibility index (Phi) is 5.99. The molecule has 2 aromatic carbocycles. The van der Waals surface area contributed by atoms with Crippen LogP contribution in [-0.2, 0) is 18.4 Å². The summed E-state index contributed by atoms with van der Waals surface area (Å²) < 4.78 is 5.45. The number of carbonyl (C=O) groups is 1. The van der Waals surface area contributed by atoms with Crippen LogP contribution in [0.4, 0.5) is 5.69 Å². The Balaban J connectivity index is 1.54. The van der Waals surface area contributed by atoms with E-state index in [0.29, 0.717) is 11.4 Å². The summed E-state index contributed by atoms with van der Waals surface area (Å²) >= 11 is 1.38. The first-order chi connectivity index (χ1) is 15.0. The van der Waals surface area contributed by atoms with Crippen molar-refractivity contribution in [1.82, 2.24) is 18.9 Å². The summed E-state index contributed by atoms with van der Waals surface area (Å²) in [5, 5.41) is 3.62. The van der Waals surface area contributed by atoms with Gasteiger partial charge in [-0.2, -0.15) is 0 Å². The molecule has 4 rings (SSSR count). The van der Waals surface area contributed by atoms with E-state index in [1.165, 1.54) is 11.8 Å². The van der Waals surface area contributed by atoms with Crippen LogP contribution in [0.15, 0.2) is 64.5 Å². The summed E-state index contributed by atoms with van der Waals surface area (Å²) in [4.78, 5) is 30.4.